The highest BCUT2D eigenvalue weighted by Crippen LogP contribution is 2.38. The zero-order valence-electron chi connectivity index (χ0n) is 12.0. The molecule has 1 aliphatic carbocycles. The van der Waals surface area contributed by atoms with Crippen LogP contribution in [-0.4, -0.2) is 9.97 Å². The molecular weight excluding hydrogens is 282 g/mol. The van der Waals surface area contributed by atoms with E-state index >= 15 is 0 Å². The van der Waals surface area contributed by atoms with E-state index in [1.165, 1.54) is 35.1 Å². The Morgan fingerprint density at radius 2 is 2.19 bits per heavy atom. The van der Waals surface area contributed by atoms with Crippen LogP contribution < -0.4 is 5.32 Å². The Balaban J connectivity index is 1.77. The lowest BCUT2D eigenvalue weighted by Crippen LogP contribution is -2.05. The van der Waals surface area contributed by atoms with Crippen molar-refractivity contribution in [2.24, 2.45) is 0 Å². The van der Waals surface area contributed by atoms with E-state index in [1.807, 2.05) is 30.4 Å². The molecular formula is C16H17N3OS. The first-order chi connectivity index (χ1) is 10.3. The van der Waals surface area contributed by atoms with Gasteiger partial charge in [-0.05, 0) is 50.3 Å². The molecule has 3 heterocycles. The summed E-state index contributed by atoms with van der Waals surface area (Å²) in [5.41, 5.74) is 1.46. The largest absolute Gasteiger partial charge is 0.467 e. The van der Waals surface area contributed by atoms with Crippen molar-refractivity contribution in [3.05, 3.63) is 40.4 Å². The lowest BCUT2D eigenvalue weighted by molar-refractivity contribution is 0.518. The molecule has 0 fully saturated rings. The molecule has 0 aromatic carbocycles. The smallest absolute Gasteiger partial charge is 0.139 e. The Kier molecular flexibility index (Phi) is 3.15. The molecule has 0 spiro atoms. The van der Waals surface area contributed by atoms with Crippen LogP contribution in [0.4, 0.5) is 5.82 Å². The van der Waals surface area contributed by atoms with Crippen LogP contribution in [0.5, 0.6) is 0 Å². The summed E-state index contributed by atoms with van der Waals surface area (Å²) in [7, 11) is 0. The molecule has 21 heavy (non-hydrogen) atoms. The zero-order valence-corrected chi connectivity index (χ0v) is 12.8. The van der Waals surface area contributed by atoms with Crippen molar-refractivity contribution in [1.29, 1.82) is 0 Å². The number of fused-ring (bicyclic) bond motifs is 3. The van der Waals surface area contributed by atoms with E-state index in [0.717, 1.165) is 28.7 Å². The summed E-state index contributed by atoms with van der Waals surface area (Å²) < 4.78 is 5.39. The molecule has 3 aromatic heterocycles. The molecule has 5 heteroatoms. The standard InChI is InChI=1S/C16H17N3OS/c1-10-18-15(17-9-11-5-4-8-20-11)14-12-6-2-3-7-13(12)21-16(14)19-10/h4-5,8H,2-3,6-7,9H2,1H3,(H,17,18,19). The van der Waals surface area contributed by atoms with Gasteiger partial charge in [0.25, 0.3) is 0 Å². The Morgan fingerprint density at radius 1 is 1.29 bits per heavy atom. The van der Waals surface area contributed by atoms with Crippen molar-refractivity contribution in [2.75, 3.05) is 5.32 Å². The molecule has 1 aliphatic rings. The van der Waals surface area contributed by atoms with Gasteiger partial charge in [0, 0.05) is 4.88 Å². The number of rotatable bonds is 3. The summed E-state index contributed by atoms with van der Waals surface area (Å²) in [6.45, 7) is 2.61. The quantitative estimate of drug-likeness (QED) is 0.791. The van der Waals surface area contributed by atoms with E-state index in [9.17, 15) is 0 Å². The molecule has 0 aliphatic heterocycles. The molecule has 3 aromatic rings. The molecule has 0 bridgehead atoms. The van der Waals surface area contributed by atoms with Gasteiger partial charge in [-0.15, -0.1) is 11.3 Å². The van der Waals surface area contributed by atoms with Crippen LogP contribution in [0.3, 0.4) is 0 Å². The fraction of sp³-hybridized carbons (Fsp3) is 0.375. The molecule has 108 valence electrons. The second kappa shape index (κ2) is 5.15. The van der Waals surface area contributed by atoms with Gasteiger partial charge in [0.15, 0.2) is 0 Å². The minimum absolute atomic E-state index is 0.656. The van der Waals surface area contributed by atoms with E-state index in [1.54, 1.807) is 6.26 Å². The number of nitrogens with one attached hydrogen (secondary N) is 1. The highest BCUT2D eigenvalue weighted by Gasteiger charge is 2.20. The average molecular weight is 299 g/mol. The van der Waals surface area contributed by atoms with Crippen molar-refractivity contribution < 1.29 is 4.42 Å². The van der Waals surface area contributed by atoms with Crippen LogP contribution in [0, 0.1) is 6.92 Å². The third-order valence-corrected chi connectivity index (χ3v) is 5.12. The maximum atomic E-state index is 5.39. The number of nitrogens with zero attached hydrogens (tertiary/aromatic N) is 2. The first-order valence-electron chi connectivity index (χ1n) is 7.36. The Hall–Kier alpha value is -1.88. The molecule has 1 N–H and O–H groups in total. The monoisotopic (exact) mass is 299 g/mol. The second-order valence-corrected chi connectivity index (χ2v) is 6.53. The van der Waals surface area contributed by atoms with Gasteiger partial charge in [-0.2, -0.15) is 0 Å². The van der Waals surface area contributed by atoms with Gasteiger partial charge in [-0.1, -0.05) is 0 Å². The zero-order chi connectivity index (χ0) is 14.2. The molecule has 0 unspecified atom stereocenters. The molecule has 0 saturated carbocycles. The number of hydrogen-bond acceptors (Lipinski definition) is 5. The average Bonchev–Trinajstić information content (AvgIpc) is 3.11. The summed E-state index contributed by atoms with van der Waals surface area (Å²) in [6.07, 6.45) is 6.60. The second-order valence-electron chi connectivity index (χ2n) is 5.44. The fourth-order valence-corrected chi connectivity index (χ4v) is 4.28. The summed E-state index contributed by atoms with van der Waals surface area (Å²) in [4.78, 5) is 11.9. The number of furan rings is 1. The topological polar surface area (TPSA) is 51.0 Å². The van der Waals surface area contributed by atoms with Gasteiger partial charge in [0.1, 0.15) is 22.2 Å². The minimum atomic E-state index is 0.656. The number of thiophene rings is 1. The van der Waals surface area contributed by atoms with E-state index < -0.39 is 0 Å². The van der Waals surface area contributed by atoms with Crippen LogP contribution in [-0.2, 0) is 19.4 Å². The van der Waals surface area contributed by atoms with Crippen LogP contribution in [0.1, 0.15) is 34.9 Å². The van der Waals surface area contributed by atoms with Crippen LogP contribution in [0.15, 0.2) is 22.8 Å². The van der Waals surface area contributed by atoms with E-state index in [2.05, 4.69) is 15.3 Å². The van der Waals surface area contributed by atoms with Gasteiger partial charge in [-0.25, -0.2) is 9.97 Å². The van der Waals surface area contributed by atoms with Gasteiger partial charge < -0.3 is 9.73 Å². The predicted molar refractivity (Wildman–Crippen MR) is 84.8 cm³/mol. The SMILES string of the molecule is Cc1nc(NCc2ccco2)c2c3c(sc2n1)CCCC3. The molecule has 0 atom stereocenters. The Bertz CT molecular complexity index is 777. The molecule has 0 saturated heterocycles. The van der Waals surface area contributed by atoms with Crippen LogP contribution in [0.25, 0.3) is 10.2 Å². The van der Waals surface area contributed by atoms with E-state index in [0.29, 0.717) is 6.54 Å². The number of hydrogen-bond donors (Lipinski definition) is 1. The van der Waals surface area contributed by atoms with Crippen molar-refractivity contribution in [3.63, 3.8) is 0 Å². The summed E-state index contributed by atoms with van der Waals surface area (Å²) in [5.74, 6) is 2.69. The summed E-state index contributed by atoms with van der Waals surface area (Å²) in [6, 6.07) is 3.88. The molecule has 4 nitrogen and oxygen atoms in total. The molecule has 0 radical (unpaired) electrons. The lowest BCUT2D eigenvalue weighted by Gasteiger charge is -2.12. The Labute approximate surface area is 127 Å². The first-order valence-corrected chi connectivity index (χ1v) is 8.18. The van der Waals surface area contributed by atoms with Crippen LogP contribution in [0.2, 0.25) is 0 Å². The van der Waals surface area contributed by atoms with Crippen molar-refractivity contribution in [2.45, 2.75) is 39.2 Å². The van der Waals surface area contributed by atoms with E-state index in [4.69, 9.17) is 4.42 Å². The normalized spacial score (nSPS) is 14.3. The minimum Gasteiger partial charge on any atom is -0.467 e. The molecule has 4 rings (SSSR count). The number of anilines is 1. The Morgan fingerprint density at radius 3 is 3.05 bits per heavy atom. The van der Waals surface area contributed by atoms with Gasteiger partial charge in [-0.3, -0.25) is 0 Å². The predicted octanol–water partition coefficient (Wildman–Crippen LogP) is 4.08. The van der Waals surface area contributed by atoms with Crippen LogP contribution >= 0.6 is 11.3 Å². The fourth-order valence-electron chi connectivity index (χ4n) is 2.98. The molecule has 0 amide bonds. The number of aryl methyl sites for hydroxylation is 3. The lowest BCUT2D eigenvalue weighted by atomic mass is 9.97. The summed E-state index contributed by atoms with van der Waals surface area (Å²) in [5, 5.41) is 4.66. The third kappa shape index (κ3) is 2.31. The van der Waals surface area contributed by atoms with Gasteiger partial charge in [0.05, 0.1) is 18.2 Å². The maximum Gasteiger partial charge on any atom is 0.139 e. The van der Waals surface area contributed by atoms with E-state index in [-0.39, 0.29) is 0 Å². The highest BCUT2D eigenvalue weighted by molar-refractivity contribution is 7.19. The van der Waals surface area contributed by atoms with Crippen molar-refractivity contribution in [3.8, 4) is 0 Å². The maximum absolute atomic E-state index is 5.39. The highest BCUT2D eigenvalue weighted by atomic mass is 32.1. The van der Waals surface area contributed by atoms with Gasteiger partial charge in [0.2, 0.25) is 0 Å². The van der Waals surface area contributed by atoms with Crippen molar-refractivity contribution >= 4 is 27.4 Å². The first kappa shape index (κ1) is 12.8. The third-order valence-electron chi connectivity index (χ3n) is 3.94. The van der Waals surface area contributed by atoms with Crippen molar-refractivity contribution in [1.82, 2.24) is 9.97 Å². The summed E-state index contributed by atoms with van der Waals surface area (Å²) >= 11 is 1.84. The number of aromatic nitrogens is 2. The van der Waals surface area contributed by atoms with Gasteiger partial charge >= 0.3 is 0 Å².